The van der Waals surface area contributed by atoms with Gasteiger partial charge >= 0.3 is 0 Å². The molecule has 29 heavy (non-hydrogen) atoms. The third-order valence-corrected chi connectivity index (χ3v) is 6.51. The Bertz CT molecular complexity index is 919. The number of hydrogen-bond acceptors (Lipinski definition) is 6. The van der Waals surface area contributed by atoms with Crippen LogP contribution in [0.2, 0.25) is 0 Å². The highest BCUT2D eigenvalue weighted by atomic mass is 32.2. The number of rotatable bonds is 9. The van der Waals surface area contributed by atoms with Gasteiger partial charge in [0.2, 0.25) is 5.91 Å². The molecule has 0 radical (unpaired) electrons. The number of amides is 1. The molecule has 2 aromatic heterocycles. The molecular formula is C21H27N5OS2. The summed E-state index contributed by atoms with van der Waals surface area (Å²) in [7, 11) is 1.94. The lowest BCUT2D eigenvalue weighted by molar-refractivity contribution is -0.113. The van der Waals surface area contributed by atoms with E-state index >= 15 is 0 Å². The lowest BCUT2D eigenvalue weighted by atomic mass is 10.2. The van der Waals surface area contributed by atoms with Crippen LogP contribution in [0.1, 0.15) is 31.5 Å². The van der Waals surface area contributed by atoms with Gasteiger partial charge in [0.05, 0.1) is 5.75 Å². The molecule has 0 aliphatic carbocycles. The monoisotopic (exact) mass is 429 g/mol. The first kappa shape index (κ1) is 21.4. The van der Waals surface area contributed by atoms with Gasteiger partial charge in [-0.15, -0.1) is 21.5 Å². The number of nitrogens with one attached hydrogen (secondary N) is 1. The van der Waals surface area contributed by atoms with Crippen LogP contribution in [-0.2, 0) is 18.3 Å². The highest BCUT2D eigenvalue weighted by Gasteiger charge is 2.13. The quantitative estimate of drug-likeness (QED) is 0.510. The average molecular weight is 430 g/mol. The van der Waals surface area contributed by atoms with Crippen molar-refractivity contribution in [2.24, 2.45) is 7.05 Å². The van der Waals surface area contributed by atoms with Crippen LogP contribution < -0.4 is 10.2 Å². The Morgan fingerprint density at radius 1 is 1.24 bits per heavy atom. The van der Waals surface area contributed by atoms with Gasteiger partial charge in [-0.2, -0.15) is 0 Å². The van der Waals surface area contributed by atoms with E-state index in [0.29, 0.717) is 11.8 Å². The number of thiophene rings is 1. The molecular weight excluding hydrogens is 402 g/mol. The largest absolute Gasteiger partial charge is 0.369 e. The molecule has 0 bridgehead atoms. The smallest absolute Gasteiger partial charge is 0.234 e. The summed E-state index contributed by atoms with van der Waals surface area (Å²) in [6.45, 7) is 7.45. The molecule has 1 amide bonds. The van der Waals surface area contributed by atoms with Crippen molar-refractivity contribution in [1.82, 2.24) is 14.8 Å². The van der Waals surface area contributed by atoms with Gasteiger partial charge < -0.3 is 14.8 Å². The summed E-state index contributed by atoms with van der Waals surface area (Å²) < 4.78 is 1.96. The molecule has 154 valence electrons. The third-order valence-electron chi connectivity index (χ3n) is 4.62. The number of aromatic nitrogens is 3. The topological polar surface area (TPSA) is 63.1 Å². The van der Waals surface area contributed by atoms with Crippen LogP contribution in [0.3, 0.4) is 0 Å². The van der Waals surface area contributed by atoms with E-state index in [4.69, 9.17) is 0 Å². The van der Waals surface area contributed by atoms with E-state index in [1.165, 1.54) is 16.6 Å². The molecule has 0 unspecified atom stereocenters. The van der Waals surface area contributed by atoms with Crippen molar-refractivity contribution < 1.29 is 4.79 Å². The van der Waals surface area contributed by atoms with Crippen molar-refractivity contribution in [3.8, 4) is 0 Å². The molecule has 8 heteroatoms. The van der Waals surface area contributed by atoms with Gasteiger partial charge in [-0.3, -0.25) is 4.79 Å². The van der Waals surface area contributed by atoms with Crippen LogP contribution in [0.25, 0.3) is 0 Å². The van der Waals surface area contributed by atoms with Crippen molar-refractivity contribution in [1.29, 1.82) is 0 Å². The van der Waals surface area contributed by atoms with E-state index < -0.39 is 0 Å². The Kier molecular flexibility index (Phi) is 7.33. The molecule has 1 aromatic carbocycles. The Labute approximate surface area is 180 Å². The minimum atomic E-state index is -0.0539. The zero-order valence-electron chi connectivity index (χ0n) is 17.3. The number of hydrogen-bond donors (Lipinski definition) is 1. The van der Waals surface area contributed by atoms with Crippen LogP contribution in [-0.4, -0.2) is 39.0 Å². The summed E-state index contributed by atoms with van der Waals surface area (Å²) in [6.07, 6.45) is 0.755. The van der Waals surface area contributed by atoms with Crippen LogP contribution >= 0.6 is 23.1 Å². The van der Waals surface area contributed by atoms with Crippen molar-refractivity contribution in [3.05, 3.63) is 52.5 Å². The van der Waals surface area contributed by atoms with Gasteiger partial charge in [0.25, 0.3) is 0 Å². The van der Waals surface area contributed by atoms with Gasteiger partial charge in [-0.25, -0.2) is 0 Å². The van der Waals surface area contributed by atoms with Gasteiger partial charge in [-0.05, 0) is 56.5 Å². The molecule has 0 fully saturated rings. The minimum absolute atomic E-state index is 0.0539. The maximum absolute atomic E-state index is 12.3. The molecule has 3 aromatic rings. The molecule has 2 heterocycles. The number of nitrogens with zero attached hydrogens (tertiary/aromatic N) is 4. The second-order valence-corrected chi connectivity index (χ2v) is 8.95. The molecule has 0 spiro atoms. The number of carbonyl (C=O) groups excluding carboxylic acids is 1. The van der Waals surface area contributed by atoms with Gasteiger partial charge in [0, 0.05) is 42.3 Å². The Balaban J connectivity index is 1.53. The van der Waals surface area contributed by atoms with E-state index in [2.05, 4.69) is 52.6 Å². The molecule has 0 saturated heterocycles. The number of benzene rings is 1. The number of thioether (sulfide) groups is 1. The van der Waals surface area contributed by atoms with Crippen LogP contribution in [0, 0.1) is 0 Å². The first-order chi connectivity index (χ1) is 14.0. The van der Waals surface area contributed by atoms with Crippen molar-refractivity contribution in [2.45, 2.75) is 38.4 Å². The molecule has 0 aliphatic heterocycles. The summed E-state index contributed by atoms with van der Waals surface area (Å²) in [5.74, 6) is 1.14. The normalized spacial score (nSPS) is 11.1. The standard InChI is InChI=1S/C21H27N5OS2/c1-5-26(15(2)3)17-10-8-16(9-11-17)22-20(27)14-29-21-24-23-19(25(21)4)13-18-7-6-12-28-18/h6-12,15H,5,13-14H2,1-4H3,(H,22,27). The fraction of sp³-hybridized carbons (Fsp3) is 0.381. The van der Waals surface area contributed by atoms with Crippen molar-refractivity contribution >= 4 is 40.4 Å². The van der Waals surface area contributed by atoms with Crippen molar-refractivity contribution in [2.75, 3.05) is 22.5 Å². The zero-order valence-corrected chi connectivity index (χ0v) is 18.9. The summed E-state index contributed by atoms with van der Waals surface area (Å²) in [5, 5.41) is 14.2. The van der Waals surface area contributed by atoms with E-state index in [9.17, 15) is 4.79 Å². The molecule has 0 aliphatic rings. The van der Waals surface area contributed by atoms with Gasteiger partial charge in [-0.1, -0.05) is 17.8 Å². The van der Waals surface area contributed by atoms with Crippen LogP contribution in [0.15, 0.2) is 46.9 Å². The minimum Gasteiger partial charge on any atom is -0.369 e. The SMILES string of the molecule is CCN(c1ccc(NC(=O)CSc2nnc(Cc3cccs3)n2C)cc1)C(C)C. The predicted molar refractivity (Wildman–Crippen MR) is 122 cm³/mol. The number of carbonyl (C=O) groups is 1. The highest BCUT2D eigenvalue weighted by molar-refractivity contribution is 7.99. The third kappa shape index (κ3) is 5.61. The second kappa shape index (κ2) is 9.93. The fourth-order valence-corrected chi connectivity index (χ4v) is 4.53. The molecule has 1 N–H and O–H groups in total. The summed E-state index contributed by atoms with van der Waals surface area (Å²) in [6, 6.07) is 12.6. The highest BCUT2D eigenvalue weighted by Crippen LogP contribution is 2.22. The molecule has 6 nitrogen and oxygen atoms in total. The first-order valence-electron chi connectivity index (χ1n) is 9.68. The average Bonchev–Trinajstić information content (AvgIpc) is 3.33. The molecule has 3 rings (SSSR count). The van der Waals surface area contributed by atoms with Crippen molar-refractivity contribution in [3.63, 3.8) is 0 Å². The molecule has 0 atom stereocenters. The lowest BCUT2D eigenvalue weighted by Crippen LogP contribution is -2.30. The molecule has 0 saturated carbocycles. The van der Waals surface area contributed by atoms with Crippen LogP contribution in [0.4, 0.5) is 11.4 Å². The Morgan fingerprint density at radius 2 is 2.00 bits per heavy atom. The van der Waals surface area contributed by atoms with Crippen LogP contribution in [0.5, 0.6) is 0 Å². The summed E-state index contributed by atoms with van der Waals surface area (Å²) in [5.41, 5.74) is 1.96. The van der Waals surface area contributed by atoms with Gasteiger partial charge in [0.15, 0.2) is 5.16 Å². The predicted octanol–water partition coefficient (Wildman–Crippen LogP) is 4.43. The Morgan fingerprint density at radius 3 is 2.62 bits per heavy atom. The maximum atomic E-state index is 12.3. The summed E-state index contributed by atoms with van der Waals surface area (Å²) >= 11 is 3.10. The van der Waals surface area contributed by atoms with E-state index in [1.54, 1.807) is 11.3 Å². The first-order valence-corrected chi connectivity index (χ1v) is 11.5. The second-order valence-electron chi connectivity index (χ2n) is 6.98. The van der Waals surface area contributed by atoms with E-state index in [0.717, 1.165) is 35.3 Å². The lowest BCUT2D eigenvalue weighted by Gasteiger charge is -2.27. The van der Waals surface area contributed by atoms with Gasteiger partial charge in [0.1, 0.15) is 5.82 Å². The Hall–Kier alpha value is -2.32. The zero-order chi connectivity index (χ0) is 20.8. The fourth-order valence-electron chi connectivity index (χ4n) is 3.10. The maximum Gasteiger partial charge on any atom is 0.234 e. The number of anilines is 2. The van der Waals surface area contributed by atoms with E-state index in [1.807, 2.05) is 41.9 Å². The van der Waals surface area contributed by atoms with E-state index in [-0.39, 0.29) is 5.91 Å². The summed E-state index contributed by atoms with van der Waals surface area (Å²) in [4.78, 5) is 15.9.